The SMILES string of the molecule is COC(=O)C1=C(C)N(c2cc(C)ccc2C)C(=S)N[C@H]1c1ccc(OC)c(O)c1. The fourth-order valence-electron chi connectivity index (χ4n) is 3.50. The zero-order valence-electron chi connectivity index (χ0n) is 17.1. The third-order valence-corrected chi connectivity index (χ3v) is 5.33. The van der Waals surface area contributed by atoms with Gasteiger partial charge in [-0.2, -0.15) is 0 Å². The van der Waals surface area contributed by atoms with Gasteiger partial charge in [-0.05, 0) is 67.9 Å². The highest BCUT2D eigenvalue weighted by atomic mass is 32.1. The molecule has 1 aliphatic heterocycles. The van der Waals surface area contributed by atoms with Crippen LogP contribution >= 0.6 is 12.2 Å². The normalized spacial score (nSPS) is 16.5. The molecule has 1 aliphatic rings. The topological polar surface area (TPSA) is 71.0 Å². The number of nitrogens with zero attached hydrogens (tertiary/aromatic N) is 1. The van der Waals surface area contributed by atoms with E-state index in [2.05, 4.69) is 5.32 Å². The minimum Gasteiger partial charge on any atom is -0.504 e. The lowest BCUT2D eigenvalue weighted by Gasteiger charge is -2.38. The third kappa shape index (κ3) is 3.78. The van der Waals surface area contributed by atoms with E-state index >= 15 is 0 Å². The van der Waals surface area contributed by atoms with Crippen LogP contribution < -0.4 is 15.0 Å². The molecule has 0 spiro atoms. The van der Waals surface area contributed by atoms with Crippen molar-refractivity contribution in [2.75, 3.05) is 19.1 Å². The van der Waals surface area contributed by atoms with E-state index in [1.54, 1.807) is 18.2 Å². The van der Waals surface area contributed by atoms with Crippen molar-refractivity contribution in [3.8, 4) is 11.5 Å². The van der Waals surface area contributed by atoms with Gasteiger partial charge in [0.25, 0.3) is 0 Å². The zero-order chi connectivity index (χ0) is 21.3. The number of carbonyl (C=O) groups excluding carboxylic acids is 1. The summed E-state index contributed by atoms with van der Waals surface area (Å²) in [7, 11) is 2.83. The maximum Gasteiger partial charge on any atom is 0.337 e. The number of phenolic OH excluding ortho intramolecular Hbond substituents is 1. The van der Waals surface area contributed by atoms with Gasteiger partial charge in [0.2, 0.25) is 0 Å². The molecule has 1 atom stereocenters. The fraction of sp³-hybridized carbons (Fsp3) is 0.273. The second-order valence-corrected chi connectivity index (χ2v) is 7.32. The molecule has 6 nitrogen and oxygen atoms in total. The van der Waals surface area contributed by atoms with Crippen LogP contribution in [0.2, 0.25) is 0 Å². The lowest BCUT2D eigenvalue weighted by Crippen LogP contribution is -2.48. The summed E-state index contributed by atoms with van der Waals surface area (Å²) in [6, 6.07) is 10.5. The van der Waals surface area contributed by atoms with E-state index in [4.69, 9.17) is 21.7 Å². The number of allylic oxidation sites excluding steroid dienone is 1. The summed E-state index contributed by atoms with van der Waals surface area (Å²) in [5.74, 6) is -0.130. The first-order chi connectivity index (χ1) is 13.8. The van der Waals surface area contributed by atoms with Gasteiger partial charge < -0.3 is 19.9 Å². The highest BCUT2D eigenvalue weighted by Crippen LogP contribution is 2.38. The van der Waals surface area contributed by atoms with Crippen LogP contribution in [0.4, 0.5) is 5.69 Å². The summed E-state index contributed by atoms with van der Waals surface area (Å²) >= 11 is 5.66. The number of hydrogen-bond donors (Lipinski definition) is 2. The van der Waals surface area contributed by atoms with Crippen molar-refractivity contribution < 1.29 is 19.4 Å². The number of hydrogen-bond acceptors (Lipinski definition) is 5. The molecule has 0 saturated carbocycles. The minimum atomic E-state index is -0.562. The van der Waals surface area contributed by atoms with Gasteiger partial charge in [0, 0.05) is 5.70 Å². The molecule has 0 aliphatic carbocycles. The number of thiocarbonyl (C=S) groups is 1. The van der Waals surface area contributed by atoms with E-state index in [-0.39, 0.29) is 5.75 Å². The Bertz CT molecular complexity index is 1020. The highest BCUT2D eigenvalue weighted by molar-refractivity contribution is 7.80. The number of ether oxygens (including phenoxy) is 2. The number of aryl methyl sites for hydroxylation is 2. The quantitative estimate of drug-likeness (QED) is 0.583. The molecule has 7 heteroatoms. The first-order valence-electron chi connectivity index (χ1n) is 9.12. The van der Waals surface area contributed by atoms with E-state index in [0.29, 0.717) is 27.7 Å². The average Bonchev–Trinajstić information content (AvgIpc) is 2.69. The van der Waals surface area contributed by atoms with Gasteiger partial charge in [-0.1, -0.05) is 18.2 Å². The lowest BCUT2D eigenvalue weighted by molar-refractivity contribution is -0.136. The van der Waals surface area contributed by atoms with Gasteiger partial charge in [-0.3, -0.25) is 4.90 Å². The predicted octanol–water partition coefficient (Wildman–Crippen LogP) is 3.90. The van der Waals surface area contributed by atoms with Crippen molar-refractivity contribution in [3.05, 3.63) is 64.4 Å². The summed E-state index contributed by atoms with van der Waals surface area (Å²) < 4.78 is 10.2. The van der Waals surface area contributed by atoms with E-state index in [0.717, 1.165) is 16.8 Å². The Hall–Kier alpha value is -3.06. The first kappa shape index (κ1) is 20.7. The van der Waals surface area contributed by atoms with Crippen LogP contribution in [0.25, 0.3) is 0 Å². The molecule has 2 aromatic rings. The molecule has 0 saturated heterocycles. The Kier molecular flexibility index (Phi) is 5.79. The summed E-state index contributed by atoms with van der Waals surface area (Å²) in [6.07, 6.45) is 0. The number of carbonyl (C=O) groups is 1. The summed E-state index contributed by atoms with van der Waals surface area (Å²) in [5, 5.41) is 13.9. The molecule has 2 aromatic carbocycles. The van der Waals surface area contributed by atoms with Crippen LogP contribution in [0, 0.1) is 13.8 Å². The van der Waals surface area contributed by atoms with Gasteiger partial charge in [0.15, 0.2) is 16.6 Å². The Balaban J connectivity index is 2.17. The van der Waals surface area contributed by atoms with Crippen molar-refractivity contribution in [2.45, 2.75) is 26.8 Å². The third-order valence-electron chi connectivity index (χ3n) is 5.03. The number of methoxy groups -OCH3 is 2. The van der Waals surface area contributed by atoms with Crippen LogP contribution in [0.15, 0.2) is 47.7 Å². The molecule has 1 heterocycles. The first-order valence-corrected chi connectivity index (χ1v) is 9.53. The van der Waals surface area contributed by atoms with Crippen LogP contribution in [-0.4, -0.2) is 30.4 Å². The Morgan fingerprint density at radius 2 is 1.86 bits per heavy atom. The molecule has 0 aromatic heterocycles. The van der Waals surface area contributed by atoms with Gasteiger partial charge in [0.05, 0.1) is 31.5 Å². The van der Waals surface area contributed by atoms with Crippen molar-refractivity contribution in [1.29, 1.82) is 0 Å². The molecule has 0 amide bonds. The number of nitrogens with one attached hydrogen (secondary N) is 1. The molecular formula is C22H24N2O4S. The van der Waals surface area contributed by atoms with E-state index < -0.39 is 12.0 Å². The molecule has 3 rings (SSSR count). The van der Waals surface area contributed by atoms with Crippen LogP contribution in [0.3, 0.4) is 0 Å². The minimum absolute atomic E-state index is 0.0171. The second-order valence-electron chi connectivity index (χ2n) is 6.93. The average molecular weight is 413 g/mol. The van der Waals surface area contributed by atoms with Crippen molar-refractivity contribution in [3.63, 3.8) is 0 Å². The van der Waals surface area contributed by atoms with E-state index in [9.17, 15) is 9.90 Å². The Morgan fingerprint density at radius 1 is 1.14 bits per heavy atom. The molecular weight excluding hydrogens is 388 g/mol. The smallest absolute Gasteiger partial charge is 0.337 e. The fourth-order valence-corrected chi connectivity index (χ4v) is 3.86. The molecule has 29 heavy (non-hydrogen) atoms. The lowest BCUT2D eigenvalue weighted by atomic mass is 9.94. The standard InChI is InChI=1S/C22H24N2O4S/c1-12-6-7-13(2)16(10-12)24-14(3)19(21(26)28-5)20(23-22(24)29)15-8-9-18(27-4)17(25)11-15/h6-11,20,25H,1-5H3,(H,23,29)/t20-/m0/s1. The molecule has 2 N–H and O–H groups in total. The zero-order valence-corrected chi connectivity index (χ0v) is 17.9. The van der Waals surface area contributed by atoms with Crippen LogP contribution in [-0.2, 0) is 9.53 Å². The Labute approximate surface area is 175 Å². The van der Waals surface area contributed by atoms with Gasteiger partial charge in [-0.15, -0.1) is 0 Å². The van der Waals surface area contributed by atoms with Gasteiger partial charge >= 0.3 is 5.97 Å². The molecule has 0 bridgehead atoms. The summed E-state index contributed by atoms with van der Waals surface area (Å²) in [6.45, 7) is 5.85. The van der Waals surface area contributed by atoms with E-state index in [1.807, 2.05) is 43.9 Å². The van der Waals surface area contributed by atoms with Crippen LogP contribution in [0.1, 0.15) is 29.7 Å². The number of anilines is 1. The van der Waals surface area contributed by atoms with Crippen molar-refractivity contribution >= 4 is 29.0 Å². The Morgan fingerprint density at radius 3 is 2.48 bits per heavy atom. The number of esters is 1. The highest BCUT2D eigenvalue weighted by Gasteiger charge is 2.36. The molecule has 0 unspecified atom stereocenters. The molecule has 0 fully saturated rings. The van der Waals surface area contributed by atoms with Gasteiger partial charge in [0.1, 0.15) is 0 Å². The van der Waals surface area contributed by atoms with E-state index in [1.165, 1.54) is 14.2 Å². The molecule has 152 valence electrons. The number of aromatic hydroxyl groups is 1. The number of phenols is 1. The maximum absolute atomic E-state index is 12.7. The largest absolute Gasteiger partial charge is 0.504 e. The summed E-state index contributed by atoms with van der Waals surface area (Å²) in [4.78, 5) is 14.6. The van der Waals surface area contributed by atoms with Crippen molar-refractivity contribution in [2.24, 2.45) is 0 Å². The monoisotopic (exact) mass is 412 g/mol. The summed E-state index contributed by atoms with van der Waals surface area (Å²) in [5.41, 5.74) is 4.79. The predicted molar refractivity (Wildman–Crippen MR) is 116 cm³/mol. The number of rotatable bonds is 4. The second kappa shape index (κ2) is 8.13. The maximum atomic E-state index is 12.7. The number of benzene rings is 2. The van der Waals surface area contributed by atoms with Crippen molar-refractivity contribution in [1.82, 2.24) is 5.32 Å². The molecule has 0 radical (unpaired) electrons. The van der Waals surface area contributed by atoms with Crippen LogP contribution in [0.5, 0.6) is 11.5 Å². The van der Waals surface area contributed by atoms with Gasteiger partial charge in [-0.25, -0.2) is 4.79 Å².